The van der Waals surface area contributed by atoms with Gasteiger partial charge in [-0.3, -0.25) is 4.79 Å². The van der Waals surface area contributed by atoms with Crippen LogP contribution in [0.1, 0.15) is 48.0 Å². The molecule has 1 aliphatic heterocycles. The van der Waals surface area contributed by atoms with Gasteiger partial charge < -0.3 is 20.1 Å². The van der Waals surface area contributed by atoms with Crippen molar-refractivity contribution in [1.82, 2.24) is 10.6 Å². The number of halogens is 1. The lowest BCUT2D eigenvalue weighted by Crippen LogP contribution is -2.68. The summed E-state index contributed by atoms with van der Waals surface area (Å²) >= 11 is 0. The van der Waals surface area contributed by atoms with Crippen LogP contribution in [0.5, 0.6) is 0 Å². The molecule has 1 saturated heterocycles. The fourth-order valence-electron chi connectivity index (χ4n) is 3.60. The average Bonchev–Trinajstić information content (AvgIpc) is 2.86. The van der Waals surface area contributed by atoms with Crippen LogP contribution in [0, 0.1) is 11.3 Å². The van der Waals surface area contributed by atoms with Gasteiger partial charge in [-0.25, -0.2) is 4.99 Å². The second-order valence-corrected chi connectivity index (χ2v) is 7.97. The van der Waals surface area contributed by atoms with E-state index in [0.29, 0.717) is 24.0 Å². The average molecular weight is 453 g/mol. The van der Waals surface area contributed by atoms with E-state index in [0.717, 1.165) is 19.6 Å². The smallest absolute Gasteiger partial charge is 0.328 e. The summed E-state index contributed by atoms with van der Waals surface area (Å²) in [5.41, 5.74) is -0.411. The predicted octanol–water partition coefficient (Wildman–Crippen LogP) is 2.31. The Kier molecular flexibility index (Phi) is 7.34. The number of fused-ring (bicyclic) bond motifs is 1. The molecule has 0 spiro atoms. The molecular weight excluding hydrogens is 421 g/mol. The van der Waals surface area contributed by atoms with Gasteiger partial charge >= 0.3 is 5.97 Å². The van der Waals surface area contributed by atoms with Crippen molar-refractivity contribution in [1.29, 1.82) is 0 Å². The van der Waals surface area contributed by atoms with E-state index in [1.165, 1.54) is 0 Å². The maximum absolute atomic E-state index is 11.8. The number of esters is 1. The van der Waals surface area contributed by atoms with Crippen molar-refractivity contribution >= 4 is 35.9 Å². The van der Waals surface area contributed by atoms with Gasteiger partial charge in [0, 0.05) is 30.5 Å². The topological polar surface area (TPSA) is 72.0 Å². The standard InChI is InChI=1S/C17H31N3O3.HI/c1-7-18-15(19-10-12(21)23-16(2,3)4)20-13-11-8-9-22-14(11)17(13,5)6;/h11,13-14H,7-10H2,1-6H3,(H2,18,19,20);1H. The van der Waals surface area contributed by atoms with Crippen LogP contribution < -0.4 is 10.6 Å². The van der Waals surface area contributed by atoms with Crippen molar-refractivity contribution in [2.75, 3.05) is 19.7 Å². The number of ether oxygens (including phenoxy) is 2. The summed E-state index contributed by atoms with van der Waals surface area (Å²) in [6.07, 6.45) is 1.41. The van der Waals surface area contributed by atoms with Gasteiger partial charge in [0.1, 0.15) is 12.1 Å². The number of carbonyl (C=O) groups excluding carboxylic acids is 1. The van der Waals surface area contributed by atoms with Crippen LogP contribution >= 0.6 is 24.0 Å². The normalized spacial score (nSPS) is 28.2. The maximum Gasteiger partial charge on any atom is 0.328 e. The first kappa shape index (κ1) is 21.5. The van der Waals surface area contributed by atoms with E-state index in [-0.39, 0.29) is 41.9 Å². The molecule has 7 heteroatoms. The molecule has 140 valence electrons. The molecule has 2 rings (SSSR count). The van der Waals surface area contributed by atoms with Gasteiger partial charge in [-0.15, -0.1) is 24.0 Å². The lowest BCUT2D eigenvalue weighted by molar-refractivity contribution is -0.152. The Morgan fingerprint density at radius 3 is 2.62 bits per heavy atom. The zero-order valence-electron chi connectivity index (χ0n) is 15.6. The number of nitrogens with one attached hydrogen (secondary N) is 2. The Balaban J connectivity index is 0.00000288. The minimum atomic E-state index is -0.483. The van der Waals surface area contributed by atoms with Crippen LogP contribution in [-0.2, 0) is 14.3 Å². The summed E-state index contributed by atoms with van der Waals surface area (Å²) in [4.78, 5) is 16.2. The molecule has 0 aromatic carbocycles. The Morgan fingerprint density at radius 2 is 2.04 bits per heavy atom. The zero-order chi connectivity index (χ0) is 17.3. The molecule has 0 aromatic heterocycles. The fraction of sp³-hybridized carbons (Fsp3) is 0.882. The molecule has 0 aromatic rings. The third kappa shape index (κ3) is 4.97. The number of aliphatic imine (C=N–C) groups is 1. The second kappa shape index (κ2) is 8.21. The van der Waals surface area contributed by atoms with Gasteiger partial charge in [0.15, 0.2) is 5.96 Å². The molecule has 3 unspecified atom stereocenters. The number of nitrogens with zero attached hydrogens (tertiary/aromatic N) is 1. The van der Waals surface area contributed by atoms with Crippen LogP contribution in [0.25, 0.3) is 0 Å². The third-order valence-electron chi connectivity index (χ3n) is 4.52. The summed E-state index contributed by atoms with van der Waals surface area (Å²) < 4.78 is 11.1. The molecule has 2 aliphatic rings. The van der Waals surface area contributed by atoms with Crippen molar-refractivity contribution in [2.45, 2.75) is 65.7 Å². The summed E-state index contributed by atoms with van der Waals surface area (Å²) in [6, 6.07) is 0.312. The number of hydrogen-bond donors (Lipinski definition) is 2. The van der Waals surface area contributed by atoms with Crippen LogP contribution in [-0.4, -0.2) is 49.4 Å². The minimum Gasteiger partial charge on any atom is -0.459 e. The quantitative estimate of drug-likeness (QED) is 0.296. The molecule has 2 fully saturated rings. The summed E-state index contributed by atoms with van der Waals surface area (Å²) in [6.45, 7) is 13.6. The van der Waals surface area contributed by atoms with E-state index in [4.69, 9.17) is 9.47 Å². The van der Waals surface area contributed by atoms with Gasteiger partial charge in [-0.1, -0.05) is 13.8 Å². The molecule has 0 amide bonds. The molecule has 2 N–H and O–H groups in total. The summed E-state index contributed by atoms with van der Waals surface area (Å²) in [7, 11) is 0. The van der Waals surface area contributed by atoms with Crippen LogP contribution in [0.4, 0.5) is 0 Å². The van der Waals surface area contributed by atoms with Gasteiger partial charge in [0.2, 0.25) is 0 Å². The first-order chi connectivity index (χ1) is 10.6. The van der Waals surface area contributed by atoms with Crippen LogP contribution in [0.15, 0.2) is 4.99 Å². The largest absolute Gasteiger partial charge is 0.459 e. The van der Waals surface area contributed by atoms with Gasteiger partial charge in [-0.05, 0) is 34.1 Å². The first-order valence-corrected chi connectivity index (χ1v) is 8.53. The SMILES string of the molecule is CCNC(=NCC(=O)OC(C)(C)C)NC1C2CCOC2C1(C)C.I. The number of carbonyl (C=O) groups is 1. The van der Waals surface area contributed by atoms with Gasteiger partial charge in [-0.2, -0.15) is 0 Å². The van der Waals surface area contributed by atoms with E-state index in [2.05, 4.69) is 29.5 Å². The van der Waals surface area contributed by atoms with Crippen molar-refractivity contribution in [3.63, 3.8) is 0 Å². The lowest BCUT2D eigenvalue weighted by Gasteiger charge is -2.54. The van der Waals surface area contributed by atoms with Crippen molar-refractivity contribution in [3.05, 3.63) is 0 Å². The van der Waals surface area contributed by atoms with Crippen molar-refractivity contribution in [3.8, 4) is 0 Å². The highest BCUT2D eigenvalue weighted by atomic mass is 127. The van der Waals surface area contributed by atoms with E-state index in [1.807, 2.05) is 27.7 Å². The number of hydrogen-bond acceptors (Lipinski definition) is 4. The highest BCUT2D eigenvalue weighted by Crippen LogP contribution is 2.52. The van der Waals surface area contributed by atoms with E-state index >= 15 is 0 Å². The molecule has 3 atom stereocenters. The first-order valence-electron chi connectivity index (χ1n) is 8.53. The summed E-state index contributed by atoms with van der Waals surface area (Å²) in [5.74, 6) is 0.877. The molecule has 6 nitrogen and oxygen atoms in total. The van der Waals surface area contributed by atoms with Gasteiger partial charge in [0.25, 0.3) is 0 Å². The Hall–Kier alpha value is -0.570. The van der Waals surface area contributed by atoms with Crippen LogP contribution in [0.3, 0.4) is 0 Å². The van der Waals surface area contributed by atoms with Crippen molar-refractivity contribution in [2.24, 2.45) is 16.3 Å². The molecule has 0 radical (unpaired) electrons. The van der Waals surface area contributed by atoms with Crippen LogP contribution in [0.2, 0.25) is 0 Å². The predicted molar refractivity (Wildman–Crippen MR) is 106 cm³/mol. The Morgan fingerprint density at radius 1 is 1.38 bits per heavy atom. The van der Waals surface area contributed by atoms with Crippen molar-refractivity contribution < 1.29 is 14.3 Å². The van der Waals surface area contributed by atoms with E-state index in [1.54, 1.807) is 0 Å². The lowest BCUT2D eigenvalue weighted by atomic mass is 9.57. The molecule has 0 bridgehead atoms. The molecule has 1 aliphatic carbocycles. The summed E-state index contributed by atoms with van der Waals surface area (Å²) in [5, 5.41) is 6.69. The maximum atomic E-state index is 11.8. The number of guanidine groups is 1. The Labute approximate surface area is 162 Å². The Bertz CT molecular complexity index is 474. The monoisotopic (exact) mass is 453 g/mol. The fourth-order valence-corrected chi connectivity index (χ4v) is 3.60. The molecular formula is C17H32IN3O3. The molecule has 1 saturated carbocycles. The van der Waals surface area contributed by atoms with Gasteiger partial charge in [0.05, 0.1) is 6.10 Å². The third-order valence-corrected chi connectivity index (χ3v) is 4.52. The highest BCUT2D eigenvalue weighted by Gasteiger charge is 2.59. The van der Waals surface area contributed by atoms with E-state index in [9.17, 15) is 4.79 Å². The number of rotatable bonds is 4. The highest BCUT2D eigenvalue weighted by molar-refractivity contribution is 14.0. The zero-order valence-corrected chi connectivity index (χ0v) is 18.0. The molecule has 1 heterocycles. The molecule has 24 heavy (non-hydrogen) atoms. The van der Waals surface area contributed by atoms with E-state index < -0.39 is 5.60 Å². The second-order valence-electron chi connectivity index (χ2n) is 7.97. The minimum absolute atomic E-state index is 0.